The minimum Gasteiger partial charge on any atom is -0.200 e. The van der Waals surface area contributed by atoms with Crippen molar-refractivity contribution in [2.24, 2.45) is 0 Å². The minimum atomic E-state index is -0.913. The molecule has 5 aromatic rings. The molecule has 0 saturated carbocycles. The van der Waals surface area contributed by atoms with E-state index in [0.717, 1.165) is 6.54 Å². The lowest BCUT2D eigenvalue weighted by atomic mass is 9.14. The molecule has 0 saturated heterocycles. The van der Waals surface area contributed by atoms with Crippen molar-refractivity contribution in [1.82, 2.24) is 0 Å². The van der Waals surface area contributed by atoms with Crippen LogP contribution in [0.25, 0.3) is 10.9 Å². The number of aryl methyl sites for hydroxylation is 1. The van der Waals surface area contributed by atoms with Crippen LogP contribution in [0.2, 0.25) is 6.32 Å². The summed E-state index contributed by atoms with van der Waals surface area (Å²) in [6.07, 6.45) is 7.39. The third-order valence-electron chi connectivity index (χ3n) is 7.64. The molecule has 37 heavy (non-hydrogen) atoms. The monoisotopic (exact) mass is 485 g/mol. The molecule has 2 heteroatoms. The zero-order valence-electron chi connectivity index (χ0n) is 22.5. The Balaban J connectivity index is 0.000000195. The van der Waals surface area contributed by atoms with Crippen LogP contribution in [0.5, 0.6) is 0 Å². The van der Waals surface area contributed by atoms with Crippen LogP contribution in [0.4, 0.5) is 0 Å². The van der Waals surface area contributed by atoms with Gasteiger partial charge in [-0.3, -0.25) is 0 Å². The molecule has 0 radical (unpaired) electrons. The molecule has 0 N–H and O–H groups in total. The fourth-order valence-electron chi connectivity index (χ4n) is 5.68. The SMILES string of the molecule is CCCC[B-](c1ccccc1)(c1ccccc1)c1ccccc1.CCCC[n+]1cccc2ccccc21. The number of benzene rings is 4. The van der Waals surface area contributed by atoms with Crippen LogP contribution in [0, 0.1) is 0 Å². The van der Waals surface area contributed by atoms with Crippen LogP contribution in [0.15, 0.2) is 134 Å². The Labute approximate surface area is 223 Å². The normalized spacial score (nSPS) is 11.1. The van der Waals surface area contributed by atoms with Crippen LogP contribution in [-0.4, -0.2) is 6.15 Å². The molecule has 0 atom stereocenters. The highest BCUT2D eigenvalue weighted by Crippen LogP contribution is 2.16. The van der Waals surface area contributed by atoms with E-state index >= 15 is 0 Å². The number of rotatable bonds is 9. The van der Waals surface area contributed by atoms with Crippen molar-refractivity contribution >= 4 is 33.4 Å². The zero-order valence-corrected chi connectivity index (χ0v) is 22.5. The van der Waals surface area contributed by atoms with Gasteiger partial charge in [-0.25, -0.2) is 0 Å². The number of nitrogens with zero attached hydrogens (tertiary/aromatic N) is 1. The summed E-state index contributed by atoms with van der Waals surface area (Å²) in [6, 6.07) is 46.0. The third kappa shape index (κ3) is 6.38. The van der Waals surface area contributed by atoms with E-state index in [1.54, 1.807) is 0 Å². The first-order chi connectivity index (χ1) is 18.3. The average molecular weight is 486 g/mol. The summed E-state index contributed by atoms with van der Waals surface area (Å²) in [6.45, 7) is 5.63. The standard InChI is InChI=1S/C22H24B.C13H16N/c1-2-3-19-23(20-13-7-4-8-14-20,21-15-9-5-10-16-21)22-17-11-6-12-18-22;1-2-3-10-14-11-6-8-12-7-4-5-9-13(12)14/h4-18H,2-3,19H2,1H3;4-9,11H,2-3,10H2,1H3/q-1;+1. The Kier molecular flexibility index (Phi) is 9.71. The molecule has 0 aliphatic heterocycles. The third-order valence-corrected chi connectivity index (χ3v) is 7.64. The smallest absolute Gasteiger partial charge is 0.200 e. The number of hydrogen-bond donors (Lipinski definition) is 0. The van der Waals surface area contributed by atoms with Gasteiger partial charge in [-0.1, -0.05) is 136 Å². The Morgan fingerprint density at radius 3 is 1.49 bits per heavy atom. The molecule has 5 rings (SSSR count). The second kappa shape index (κ2) is 13.6. The number of para-hydroxylation sites is 1. The lowest BCUT2D eigenvalue weighted by molar-refractivity contribution is -0.671. The second-order valence-electron chi connectivity index (χ2n) is 10.0. The van der Waals surface area contributed by atoms with Crippen molar-refractivity contribution in [1.29, 1.82) is 0 Å². The Hall–Kier alpha value is -3.65. The molecule has 0 aliphatic carbocycles. The van der Waals surface area contributed by atoms with Crippen molar-refractivity contribution < 1.29 is 4.57 Å². The highest BCUT2D eigenvalue weighted by Gasteiger charge is 2.28. The summed E-state index contributed by atoms with van der Waals surface area (Å²) in [5.41, 5.74) is 5.67. The molecule has 1 nitrogen and oxygen atoms in total. The Bertz CT molecular complexity index is 1230. The van der Waals surface area contributed by atoms with Gasteiger partial charge in [0.2, 0.25) is 5.52 Å². The molecule has 0 aliphatic rings. The first-order valence-corrected chi connectivity index (χ1v) is 14.0. The van der Waals surface area contributed by atoms with E-state index in [9.17, 15) is 0 Å². The molecular weight excluding hydrogens is 445 g/mol. The molecule has 1 heterocycles. The molecule has 0 amide bonds. The van der Waals surface area contributed by atoms with E-state index in [0.29, 0.717) is 0 Å². The lowest BCUT2D eigenvalue weighted by Gasteiger charge is -2.43. The summed E-state index contributed by atoms with van der Waals surface area (Å²) in [5, 5.41) is 1.33. The second-order valence-corrected chi connectivity index (χ2v) is 10.0. The van der Waals surface area contributed by atoms with Gasteiger partial charge in [0.1, 0.15) is 6.54 Å². The zero-order chi connectivity index (χ0) is 25.8. The van der Waals surface area contributed by atoms with Crippen molar-refractivity contribution in [2.45, 2.75) is 52.4 Å². The van der Waals surface area contributed by atoms with Crippen LogP contribution < -0.4 is 21.0 Å². The van der Waals surface area contributed by atoms with Gasteiger partial charge in [0.05, 0.1) is 6.15 Å². The summed E-state index contributed by atoms with van der Waals surface area (Å²) < 4.78 is 2.33. The number of hydrogen-bond acceptors (Lipinski definition) is 0. The Morgan fingerprint density at radius 2 is 0.973 bits per heavy atom. The molecular formula is C35H40BN. The maximum atomic E-state index is 2.33. The van der Waals surface area contributed by atoms with Crippen molar-refractivity contribution in [3.8, 4) is 0 Å². The predicted molar refractivity (Wildman–Crippen MR) is 163 cm³/mol. The number of fused-ring (bicyclic) bond motifs is 1. The highest BCUT2D eigenvalue weighted by atomic mass is 14.9. The average Bonchev–Trinajstić information content (AvgIpc) is 2.98. The molecule has 188 valence electrons. The topological polar surface area (TPSA) is 3.88 Å². The van der Waals surface area contributed by atoms with Crippen LogP contribution in [0.1, 0.15) is 39.5 Å². The predicted octanol–water partition coefficient (Wildman–Crippen LogP) is 6.88. The maximum absolute atomic E-state index is 2.33. The molecule has 0 fully saturated rings. The van der Waals surface area contributed by atoms with Gasteiger partial charge in [-0.15, -0.1) is 0 Å². The van der Waals surface area contributed by atoms with Crippen molar-refractivity contribution in [3.05, 3.63) is 134 Å². The van der Waals surface area contributed by atoms with Crippen LogP contribution in [-0.2, 0) is 6.54 Å². The van der Waals surface area contributed by atoms with E-state index in [-0.39, 0.29) is 0 Å². The van der Waals surface area contributed by atoms with Crippen LogP contribution >= 0.6 is 0 Å². The highest BCUT2D eigenvalue weighted by molar-refractivity contribution is 7.11. The lowest BCUT2D eigenvalue weighted by Crippen LogP contribution is -2.66. The number of pyridine rings is 1. The molecule has 0 bridgehead atoms. The summed E-state index contributed by atoms with van der Waals surface area (Å²) in [4.78, 5) is 0. The molecule has 1 aromatic heterocycles. The van der Waals surface area contributed by atoms with E-state index < -0.39 is 6.15 Å². The summed E-state index contributed by atoms with van der Waals surface area (Å²) in [5.74, 6) is 0. The molecule has 0 spiro atoms. The Morgan fingerprint density at radius 1 is 0.514 bits per heavy atom. The fourth-order valence-corrected chi connectivity index (χ4v) is 5.68. The summed E-state index contributed by atoms with van der Waals surface area (Å²) >= 11 is 0. The quantitative estimate of drug-likeness (QED) is 0.158. The number of aromatic nitrogens is 1. The van der Waals surface area contributed by atoms with Gasteiger partial charge in [-0.2, -0.15) is 27.3 Å². The first-order valence-electron chi connectivity index (χ1n) is 14.0. The van der Waals surface area contributed by atoms with Gasteiger partial charge in [0, 0.05) is 23.9 Å². The maximum Gasteiger partial charge on any atom is 0.212 e. The van der Waals surface area contributed by atoms with E-state index in [2.05, 4.69) is 152 Å². The molecule has 4 aromatic carbocycles. The van der Waals surface area contributed by atoms with Gasteiger partial charge < -0.3 is 0 Å². The van der Waals surface area contributed by atoms with Gasteiger partial charge >= 0.3 is 0 Å². The van der Waals surface area contributed by atoms with Gasteiger partial charge in [-0.05, 0) is 12.1 Å². The first kappa shape index (κ1) is 26.4. The largest absolute Gasteiger partial charge is 0.212 e. The van der Waals surface area contributed by atoms with E-state index in [4.69, 9.17) is 0 Å². The van der Waals surface area contributed by atoms with Crippen LogP contribution in [0.3, 0.4) is 0 Å². The molecule has 0 unspecified atom stereocenters. The fraction of sp³-hybridized carbons (Fsp3) is 0.229. The van der Waals surface area contributed by atoms with Crippen molar-refractivity contribution in [3.63, 3.8) is 0 Å². The van der Waals surface area contributed by atoms with E-state index in [1.165, 1.54) is 59.3 Å². The van der Waals surface area contributed by atoms with Gasteiger partial charge in [0.15, 0.2) is 6.20 Å². The van der Waals surface area contributed by atoms with E-state index in [1.807, 2.05) is 0 Å². The minimum absolute atomic E-state index is 0.913. The van der Waals surface area contributed by atoms with Crippen molar-refractivity contribution in [2.75, 3.05) is 0 Å². The van der Waals surface area contributed by atoms with Gasteiger partial charge in [0.25, 0.3) is 0 Å². The number of unbranched alkanes of at least 4 members (excludes halogenated alkanes) is 2. The summed E-state index contributed by atoms with van der Waals surface area (Å²) in [7, 11) is 0.